The Hall–Kier alpha value is -2.26. The minimum atomic E-state index is -0.145. The van der Waals surface area contributed by atoms with Gasteiger partial charge in [-0.1, -0.05) is 6.07 Å². The van der Waals surface area contributed by atoms with Crippen LogP contribution < -0.4 is 21.3 Å². The molecule has 1 saturated carbocycles. The Balaban J connectivity index is 1.24. The van der Waals surface area contributed by atoms with Crippen LogP contribution in [0.1, 0.15) is 37.7 Å². The Kier molecular flexibility index (Phi) is 6.25. The van der Waals surface area contributed by atoms with Crippen LogP contribution in [-0.2, 0) is 16.1 Å². The highest BCUT2D eigenvalue weighted by molar-refractivity contribution is 7.80. The third-order valence-electron chi connectivity index (χ3n) is 5.79. The van der Waals surface area contributed by atoms with Gasteiger partial charge in [-0.05, 0) is 49.5 Å². The van der Waals surface area contributed by atoms with Crippen LogP contribution in [0.2, 0.25) is 0 Å². The lowest BCUT2D eigenvalue weighted by Gasteiger charge is -2.37. The molecule has 4 N–H and O–H groups in total. The summed E-state index contributed by atoms with van der Waals surface area (Å²) in [5, 5.41) is 13.3. The van der Waals surface area contributed by atoms with Crippen LogP contribution in [0.4, 0.5) is 0 Å². The van der Waals surface area contributed by atoms with Gasteiger partial charge >= 0.3 is 0 Å². The van der Waals surface area contributed by atoms with Crippen LogP contribution in [0, 0.1) is 0 Å². The molecule has 3 fully saturated rings. The number of pyridine rings is 1. The molecule has 1 aliphatic carbocycles. The summed E-state index contributed by atoms with van der Waals surface area (Å²) in [5.41, 5.74) is 0.982. The summed E-state index contributed by atoms with van der Waals surface area (Å²) < 4.78 is 0. The van der Waals surface area contributed by atoms with Crippen molar-refractivity contribution < 1.29 is 9.59 Å². The monoisotopic (exact) mass is 416 g/mol. The van der Waals surface area contributed by atoms with E-state index < -0.39 is 0 Å². The average Bonchev–Trinajstić information content (AvgIpc) is 3.42. The summed E-state index contributed by atoms with van der Waals surface area (Å²) in [7, 11) is 0. The number of fused-ring (bicyclic) bond motifs is 1. The maximum atomic E-state index is 12.3. The van der Waals surface area contributed by atoms with Crippen LogP contribution in [0.15, 0.2) is 24.5 Å². The standard InChI is InChI=1S/C20H28N6O2S/c27-18(22-10-13-2-1-7-21-9-13)6-5-16-11-23-19(28)17-8-15(12-26(16)17)25-20(29)24-14-3-4-14/h1-2,7,9,14-17H,3-6,8,10-12H2,(H,22,27)(H,23,28)(H2,24,25,29)/t15-,16+,17-/m0/s1. The Morgan fingerprint density at radius 1 is 1.31 bits per heavy atom. The number of nitrogens with one attached hydrogen (secondary N) is 4. The molecule has 3 aliphatic rings. The van der Waals surface area contributed by atoms with E-state index in [4.69, 9.17) is 12.2 Å². The third-order valence-corrected chi connectivity index (χ3v) is 6.02. The van der Waals surface area contributed by atoms with Gasteiger partial charge < -0.3 is 21.3 Å². The van der Waals surface area contributed by atoms with E-state index in [2.05, 4.69) is 31.2 Å². The molecule has 2 saturated heterocycles. The number of thiocarbonyl (C=S) groups is 1. The van der Waals surface area contributed by atoms with Crippen molar-refractivity contribution in [3.63, 3.8) is 0 Å². The van der Waals surface area contributed by atoms with Crippen molar-refractivity contribution in [3.8, 4) is 0 Å². The number of piperazine rings is 1. The van der Waals surface area contributed by atoms with Crippen molar-refractivity contribution >= 4 is 29.1 Å². The quantitative estimate of drug-likeness (QED) is 0.466. The van der Waals surface area contributed by atoms with E-state index in [9.17, 15) is 9.59 Å². The number of carbonyl (C=O) groups excluding carboxylic acids is 2. The predicted octanol–water partition coefficient (Wildman–Crippen LogP) is 0.0458. The molecule has 1 aromatic rings. The molecule has 0 spiro atoms. The van der Waals surface area contributed by atoms with Gasteiger partial charge in [0.15, 0.2) is 5.11 Å². The fraction of sp³-hybridized carbons (Fsp3) is 0.600. The minimum Gasteiger partial charge on any atom is -0.360 e. The normalized spacial score (nSPS) is 26.3. The van der Waals surface area contributed by atoms with Crippen molar-refractivity contribution in [1.29, 1.82) is 0 Å². The lowest BCUT2D eigenvalue weighted by molar-refractivity contribution is -0.129. The molecule has 0 aromatic carbocycles. The van der Waals surface area contributed by atoms with Gasteiger partial charge in [-0.2, -0.15) is 0 Å². The molecule has 0 unspecified atom stereocenters. The summed E-state index contributed by atoms with van der Waals surface area (Å²) in [6, 6.07) is 4.49. The highest BCUT2D eigenvalue weighted by Crippen LogP contribution is 2.26. The van der Waals surface area contributed by atoms with E-state index in [-0.39, 0.29) is 29.9 Å². The second-order valence-electron chi connectivity index (χ2n) is 8.11. The second kappa shape index (κ2) is 9.04. The highest BCUT2D eigenvalue weighted by atomic mass is 32.1. The Labute approximate surface area is 176 Å². The average molecular weight is 417 g/mol. The first-order valence-electron chi connectivity index (χ1n) is 10.3. The summed E-state index contributed by atoms with van der Waals surface area (Å²) in [4.78, 5) is 30.9. The molecule has 8 nitrogen and oxygen atoms in total. The number of nitrogens with zero attached hydrogens (tertiary/aromatic N) is 2. The largest absolute Gasteiger partial charge is 0.360 e. The Bertz CT molecular complexity index is 757. The molecule has 3 atom stereocenters. The number of carbonyl (C=O) groups is 2. The van der Waals surface area contributed by atoms with E-state index in [1.54, 1.807) is 12.4 Å². The van der Waals surface area contributed by atoms with Gasteiger partial charge in [0.25, 0.3) is 0 Å². The number of rotatable bonds is 7. The summed E-state index contributed by atoms with van der Waals surface area (Å²) in [6.45, 7) is 1.84. The van der Waals surface area contributed by atoms with E-state index in [1.807, 2.05) is 12.1 Å². The van der Waals surface area contributed by atoms with Gasteiger partial charge in [-0.3, -0.25) is 19.5 Å². The number of hydrogen-bond donors (Lipinski definition) is 4. The molecular formula is C20H28N6O2S. The lowest BCUT2D eigenvalue weighted by Crippen LogP contribution is -2.58. The molecule has 0 radical (unpaired) electrons. The lowest BCUT2D eigenvalue weighted by atomic mass is 10.0. The van der Waals surface area contributed by atoms with Crippen LogP contribution in [0.3, 0.4) is 0 Å². The minimum absolute atomic E-state index is 0.0194. The highest BCUT2D eigenvalue weighted by Gasteiger charge is 2.43. The van der Waals surface area contributed by atoms with E-state index in [0.29, 0.717) is 37.1 Å². The Morgan fingerprint density at radius 2 is 2.14 bits per heavy atom. The van der Waals surface area contributed by atoms with Crippen LogP contribution in [0.25, 0.3) is 0 Å². The van der Waals surface area contributed by atoms with Crippen molar-refractivity contribution in [2.24, 2.45) is 0 Å². The van der Waals surface area contributed by atoms with Crippen molar-refractivity contribution in [2.75, 3.05) is 13.1 Å². The number of hydrogen-bond acceptors (Lipinski definition) is 5. The summed E-state index contributed by atoms with van der Waals surface area (Å²) in [6.07, 6.45) is 7.70. The SMILES string of the molecule is O=C(CC[C@@H]1CNC(=O)[C@@H]2C[C@H](NC(=S)NC3CC3)CN12)NCc1cccnc1. The van der Waals surface area contributed by atoms with Gasteiger partial charge in [0.1, 0.15) is 0 Å². The molecule has 1 aromatic heterocycles. The fourth-order valence-corrected chi connectivity index (χ4v) is 4.41. The number of amides is 2. The maximum Gasteiger partial charge on any atom is 0.237 e. The zero-order valence-electron chi connectivity index (χ0n) is 16.4. The number of aromatic nitrogens is 1. The molecule has 0 bridgehead atoms. The Morgan fingerprint density at radius 3 is 2.90 bits per heavy atom. The molecule has 4 rings (SSSR count). The molecule has 2 aliphatic heterocycles. The van der Waals surface area contributed by atoms with Gasteiger partial charge in [-0.25, -0.2) is 0 Å². The zero-order chi connectivity index (χ0) is 20.2. The van der Waals surface area contributed by atoms with Gasteiger partial charge in [0.2, 0.25) is 11.8 Å². The molecular weight excluding hydrogens is 388 g/mol. The third kappa shape index (κ3) is 5.42. The molecule has 9 heteroatoms. The van der Waals surface area contributed by atoms with Crippen LogP contribution in [0.5, 0.6) is 0 Å². The molecule has 29 heavy (non-hydrogen) atoms. The second-order valence-corrected chi connectivity index (χ2v) is 8.52. The summed E-state index contributed by atoms with van der Waals surface area (Å²) >= 11 is 5.39. The zero-order valence-corrected chi connectivity index (χ0v) is 17.2. The fourth-order valence-electron chi connectivity index (χ4n) is 4.08. The first kappa shape index (κ1) is 20.0. The smallest absolute Gasteiger partial charge is 0.237 e. The van der Waals surface area contributed by atoms with Crippen LogP contribution in [-0.4, -0.2) is 64.1 Å². The predicted molar refractivity (Wildman–Crippen MR) is 113 cm³/mol. The summed E-state index contributed by atoms with van der Waals surface area (Å²) in [5.74, 6) is 0.0960. The molecule has 156 valence electrons. The van der Waals surface area contributed by atoms with E-state index >= 15 is 0 Å². The van der Waals surface area contributed by atoms with Crippen molar-refractivity contribution in [3.05, 3.63) is 30.1 Å². The topological polar surface area (TPSA) is 98.4 Å². The first-order chi connectivity index (χ1) is 14.1. The van der Waals surface area contributed by atoms with Crippen LogP contribution >= 0.6 is 12.2 Å². The van der Waals surface area contributed by atoms with Gasteiger partial charge in [0.05, 0.1) is 6.04 Å². The van der Waals surface area contributed by atoms with Gasteiger partial charge in [-0.15, -0.1) is 0 Å². The maximum absolute atomic E-state index is 12.3. The van der Waals surface area contributed by atoms with Gasteiger partial charge in [0, 0.05) is 56.6 Å². The van der Waals surface area contributed by atoms with E-state index in [1.165, 1.54) is 12.8 Å². The van der Waals surface area contributed by atoms with Crippen molar-refractivity contribution in [1.82, 2.24) is 31.2 Å². The van der Waals surface area contributed by atoms with Crippen molar-refractivity contribution in [2.45, 2.75) is 62.8 Å². The molecule has 2 amide bonds. The van der Waals surface area contributed by atoms with E-state index in [0.717, 1.165) is 18.5 Å². The first-order valence-corrected chi connectivity index (χ1v) is 10.8. The molecule has 3 heterocycles.